The van der Waals surface area contributed by atoms with E-state index < -0.39 is 19.4 Å². The lowest BCUT2D eigenvalue weighted by atomic mass is 10.0. The molecule has 0 heterocycles. The lowest BCUT2D eigenvalue weighted by Gasteiger charge is -2.03. The van der Waals surface area contributed by atoms with Gasteiger partial charge in [0.1, 0.15) is 0 Å². The van der Waals surface area contributed by atoms with Crippen LogP contribution in [0.2, 0.25) is 0 Å². The summed E-state index contributed by atoms with van der Waals surface area (Å²) in [7, 11) is 0. The summed E-state index contributed by atoms with van der Waals surface area (Å²) in [5, 5.41) is 0. The monoisotopic (exact) mass is 275 g/mol. The summed E-state index contributed by atoms with van der Waals surface area (Å²) in [6.07, 6.45) is 14.2. The second kappa shape index (κ2) is 15.5. The Morgan fingerprint density at radius 3 is 1.84 bits per heavy atom. The Bertz CT molecular complexity index is 329. The van der Waals surface area contributed by atoms with E-state index in [2.05, 4.69) is 11.7 Å². The smallest absolute Gasteiger partial charge is 0.305 e. The molecule has 2 nitrogen and oxygen atoms in total. The molecular formula is C17H34O2. The maximum absolute atomic E-state index is 11.5. The molecule has 0 spiro atoms. The molecule has 0 aliphatic heterocycles. The van der Waals surface area contributed by atoms with Crippen LogP contribution in [-0.2, 0) is 9.53 Å². The molecule has 2 heteroatoms. The molecule has 0 atom stereocenters. The molecule has 0 bridgehead atoms. The zero-order valence-electron chi connectivity index (χ0n) is 17.5. The van der Waals surface area contributed by atoms with Gasteiger partial charge in [0.05, 0.1) is 9.30 Å². The highest BCUT2D eigenvalue weighted by Crippen LogP contribution is 2.12. The fourth-order valence-corrected chi connectivity index (χ4v) is 2.22. The molecule has 0 aliphatic rings. The summed E-state index contributed by atoms with van der Waals surface area (Å²) in [5.41, 5.74) is 0. The summed E-state index contributed by atoms with van der Waals surface area (Å²) in [4.78, 5) is 11.5. The zero-order chi connectivity index (χ0) is 18.5. The van der Waals surface area contributed by atoms with Crippen LogP contribution in [-0.4, -0.2) is 12.5 Å². The maximum Gasteiger partial charge on any atom is 0.305 e. The second-order valence-electron chi connectivity index (χ2n) is 5.22. The summed E-state index contributed by atoms with van der Waals surface area (Å²) in [5.74, 6) is -0.775. The standard InChI is InChI=1S/C17H34O2/c1-3-5-6-7-8-9-10-11-12-13-14-15-16-17(18)19-4-2/h3-16H2,1-2H3/i2D3,4D2. The highest BCUT2D eigenvalue weighted by atomic mass is 16.5. The van der Waals surface area contributed by atoms with Crippen LogP contribution in [0, 0.1) is 0 Å². The molecule has 19 heavy (non-hydrogen) atoms. The Morgan fingerprint density at radius 1 is 0.895 bits per heavy atom. The Hall–Kier alpha value is -0.530. The van der Waals surface area contributed by atoms with Crippen molar-refractivity contribution in [2.45, 2.75) is 97.2 Å². The molecular weight excluding hydrogens is 236 g/mol. The topological polar surface area (TPSA) is 26.3 Å². The van der Waals surface area contributed by atoms with Crippen LogP contribution in [0.3, 0.4) is 0 Å². The fourth-order valence-electron chi connectivity index (χ4n) is 2.22. The fraction of sp³-hybridized carbons (Fsp3) is 0.941. The first-order valence-corrected chi connectivity index (χ1v) is 7.92. The van der Waals surface area contributed by atoms with Crippen molar-refractivity contribution in [2.75, 3.05) is 6.56 Å². The lowest BCUT2D eigenvalue weighted by molar-refractivity contribution is -0.143. The summed E-state index contributed by atoms with van der Waals surface area (Å²) < 4.78 is 39.8. The number of carbonyl (C=O) groups is 1. The minimum atomic E-state index is -2.95. The van der Waals surface area contributed by atoms with Crippen LogP contribution in [0.25, 0.3) is 0 Å². The molecule has 0 rings (SSSR count). The summed E-state index contributed by atoms with van der Waals surface area (Å²) >= 11 is 0. The van der Waals surface area contributed by atoms with E-state index in [1.165, 1.54) is 51.4 Å². The first kappa shape index (κ1) is 11.2. The van der Waals surface area contributed by atoms with Gasteiger partial charge in [-0.15, -0.1) is 0 Å². The average Bonchev–Trinajstić information content (AvgIpc) is 2.46. The third-order valence-electron chi connectivity index (χ3n) is 3.40. The van der Waals surface area contributed by atoms with E-state index >= 15 is 0 Å². The van der Waals surface area contributed by atoms with E-state index in [4.69, 9.17) is 6.85 Å². The van der Waals surface area contributed by atoms with E-state index in [1.54, 1.807) is 0 Å². The maximum atomic E-state index is 11.5. The Morgan fingerprint density at radius 2 is 1.37 bits per heavy atom. The van der Waals surface area contributed by atoms with Gasteiger partial charge in [0, 0.05) is 10.5 Å². The van der Waals surface area contributed by atoms with E-state index in [0.29, 0.717) is 6.42 Å². The minimum absolute atomic E-state index is 0.0764. The molecule has 0 N–H and O–H groups in total. The molecule has 0 fully saturated rings. The van der Waals surface area contributed by atoms with Crippen LogP contribution < -0.4 is 0 Å². The van der Waals surface area contributed by atoms with Crippen molar-refractivity contribution in [3.63, 3.8) is 0 Å². The highest BCUT2D eigenvalue weighted by molar-refractivity contribution is 5.69. The summed E-state index contributed by atoms with van der Waals surface area (Å²) in [6.45, 7) is -3.62. The molecule has 0 aromatic carbocycles. The first-order chi connectivity index (χ1) is 11.2. The van der Waals surface area contributed by atoms with E-state index in [9.17, 15) is 4.79 Å². The normalized spacial score (nSPS) is 15.9. The second-order valence-corrected chi connectivity index (χ2v) is 5.22. The third kappa shape index (κ3) is 15.4. The predicted molar refractivity (Wildman–Crippen MR) is 82.3 cm³/mol. The van der Waals surface area contributed by atoms with Crippen LogP contribution >= 0.6 is 0 Å². The van der Waals surface area contributed by atoms with Gasteiger partial charge in [-0.05, 0) is 13.3 Å². The number of hydrogen-bond donors (Lipinski definition) is 0. The molecule has 0 saturated heterocycles. The predicted octanol–water partition coefficient (Wildman–Crippen LogP) is 5.64. The van der Waals surface area contributed by atoms with Crippen molar-refractivity contribution in [3.05, 3.63) is 0 Å². The van der Waals surface area contributed by atoms with Crippen LogP contribution in [0.15, 0.2) is 0 Å². The van der Waals surface area contributed by atoms with Gasteiger partial charge >= 0.3 is 5.97 Å². The Kier molecular flexibility index (Phi) is 9.12. The van der Waals surface area contributed by atoms with Gasteiger partial charge in [-0.3, -0.25) is 4.79 Å². The van der Waals surface area contributed by atoms with Gasteiger partial charge in [0.25, 0.3) is 0 Å². The number of carbonyl (C=O) groups excluding carboxylic acids is 1. The first-order valence-electron chi connectivity index (χ1n) is 10.4. The zero-order valence-corrected chi connectivity index (χ0v) is 12.5. The van der Waals surface area contributed by atoms with Gasteiger partial charge in [0.15, 0.2) is 0 Å². The van der Waals surface area contributed by atoms with Crippen LogP contribution in [0.1, 0.15) is 104 Å². The Balaban J connectivity index is 3.46. The van der Waals surface area contributed by atoms with Crippen molar-refractivity contribution < 1.29 is 16.4 Å². The van der Waals surface area contributed by atoms with Crippen molar-refractivity contribution in [2.24, 2.45) is 0 Å². The number of unbranched alkanes of at least 4 members (excludes halogenated alkanes) is 11. The van der Waals surface area contributed by atoms with E-state index in [1.807, 2.05) is 0 Å². The molecule has 0 aromatic rings. The average molecular weight is 275 g/mol. The molecule has 0 aromatic heterocycles. The summed E-state index contributed by atoms with van der Waals surface area (Å²) in [6, 6.07) is 0. The van der Waals surface area contributed by atoms with Gasteiger partial charge < -0.3 is 4.74 Å². The SMILES string of the molecule is [2H]C([2H])([2H])C([2H])([2H])OC(=O)CCCCCCCCCCCCCC. The molecule has 0 aliphatic carbocycles. The number of hydrogen-bond acceptors (Lipinski definition) is 2. The highest BCUT2D eigenvalue weighted by Gasteiger charge is 2.00. The van der Waals surface area contributed by atoms with Crippen molar-refractivity contribution >= 4 is 5.97 Å². The van der Waals surface area contributed by atoms with Gasteiger partial charge in [-0.2, -0.15) is 0 Å². The van der Waals surface area contributed by atoms with Gasteiger partial charge in [0.2, 0.25) is 0 Å². The molecule has 0 radical (unpaired) electrons. The molecule has 0 saturated carbocycles. The number of esters is 1. The molecule has 114 valence electrons. The van der Waals surface area contributed by atoms with Crippen molar-refractivity contribution in [1.82, 2.24) is 0 Å². The van der Waals surface area contributed by atoms with E-state index in [-0.39, 0.29) is 6.42 Å². The van der Waals surface area contributed by atoms with Crippen LogP contribution in [0.5, 0.6) is 0 Å². The number of rotatable bonds is 14. The van der Waals surface area contributed by atoms with Crippen LogP contribution in [0.4, 0.5) is 0 Å². The Labute approximate surface area is 127 Å². The third-order valence-corrected chi connectivity index (χ3v) is 3.40. The largest absolute Gasteiger partial charge is 0.466 e. The van der Waals surface area contributed by atoms with Gasteiger partial charge in [-0.25, -0.2) is 0 Å². The van der Waals surface area contributed by atoms with Crippen molar-refractivity contribution in [1.29, 1.82) is 0 Å². The minimum Gasteiger partial charge on any atom is -0.466 e. The molecule has 0 unspecified atom stereocenters. The molecule has 0 amide bonds. The number of ether oxygens (including phenoxy) is 1. The lowest BCUT2D eigenvalue weighted by Crippen LogP contribution is -2.03. The van der Waals surface area contributed by atoms with Gasteiger partial charge in [-0.1, -0.05) is 77.6 Å². The van der Waals surface area contributed by atoms with E-state index in [0.717, 1.165) is 19.3 Å². The quantitative estimate of drug-likeness (QED) is 0.303. The van der Waals surface area contributed by atoms with Crippen molar-refractivity contribution in [3.8, 4) is 0 Å².